The number of nitrogens with zero attached hydrogens (tertiary/aromatic N) is 2. The minimum absolute atomic E-state index is 0.307. The van der Waals surface area contributed by atoms with Crippen LogP contribution < -0.4 is 0 Å². The normalized spacial score (nSPS) is 23.9. The van der Waals surface area contributed by atoms with Crippen LogP contribution in [-0.2, 0) is 4.79 Å². The van der Waals surface area contributed by atoms with Crippen LogP contribution in [0.1, 0.15) is 6.92 Å². The second-order valence-corrected chi connectivity index (χ2v) is 4.23. The van der Waals surface area contributed by atoms with E-state index in [4.69, 9.17) is 0 Å². The van der Waals surface area contributed by atoms with Gasteiger partial charge in [-0.05, 0) is 7.05 Å². The topological polar surface area (TPSA) is 20.3 Å². The van der Waals surface area contributed by atoms with Crippen molar-refractivity contribution in [3.05, 3.63) is 0 Å². The first-order valence-electron chi connectivity index (χ1n) is 4.53. The monoisotopic (exact) mass is 171 g/mol. The standard InChI is InChI=1S/C9H19N2O/c1-9(12)8-11(3)6-4-10(2)5-7-11/h4-8H2,1-3H3/q+1. The summed E-state index contributed by atoms with van der Waals surface area (Å²) in [6.45, 7) is 6.83. The Kier molecular flexibility index (Phi) is 2.85. The molecular weight excluding hydrogens is 152 g/mol. The number of likely N-dealkylation sites (N-methyl/N-ethyl adjacent to an activating group) is 2. The molecule has 1 heterocycles. The highest BCUT2D eigenvalue weighted by atomic mass is 16.1. The van der Waals surface area contributed by atoms with Gasteiger partial charge in [0.1, 0.15) is 6.54 Å². The van der Waals surface area contributed by atoms with E-state index >= 15 is 0 Å². The molecule has 0 aromatic rings. The molecule has 0 N–H and O–H groups in total. The van der Waals surface area contributed by atoms with E-state index in [1.807, 2.05) is 0 Å². The van der Waals surface area contributed by atoms with Crippen LogP contribution in [0.25, 0.3) is 0 Å². The van der Waals surface area contributed by atoms with Crippen LogP contribution in [0.3, 0.4) is 0 Å². The molecule has 1 aliphatic rings. The number of carbonyl (C=O) groups excluding carboxylic acids is 1. The second-order valence-electron chi connectivity index (χ2n) is 4.23. The van der Waals surface area contributed by atoms with Crippen molar-refractivity contribution >= 4 is 5.78 Å². The summed E-state index contributed by atoms with van der Waals surface area (Å²) in [4.78, 5) is 13.3. The maximum absolute atomic E-state index is 11.0. The lowest BCUT2D eigenvalue weighted by Crippen LogP contribution is -2.57. The van der Waals surface area contributed by atoms with Gasteiger partial charge in [0.15, 0.2) is 5.78 Å². The van der Waals surface area contributed by atoms with Crippen molar-refractivity contribution in [1.82, 2.24) is 4.90 Å². The third-order valence-electron chi connectivity index (χ3n) is 2.65. The largest absolute Gasteiger partial charge is 0.318 e. The third kappa shape index (κ3) is 2.57. The highest BCUT2D eigenvalue weighted by molar-refractivity contribution is 5.76. The molecule has 0 saturated carbocycles. The van der Waals surface area contributed by atoms with E-state index in [1.54, 1.807) is 6.92 Å². The second kappa shape index (κ2) is 3.54. The molecule has 70 valence electrons. The maximum Gasteiger partial charge on any atom is 0.183 e. The van der Waals surface area contributed by atoms with Crippen molar-refractivity contribution < 1.29 is 9.28 Å². The molecule has 1 saturated heterocycles. The Morgan fingerprint density at radius 2 is 1.92 bits per heavy atom. The minimum atomic E-state index is 0.307. The first-order valence-corrected chi connectivity index (χ1v) is 4.53. The van der Waals surface area contributed by atoms with Crippen molar-refractivity contribution in [2.24, 2.45) is 0 Å². The molecule has 0 atom stereocenters. The van der Waals surface area contributed by atoms with Gasteiger partial charge in [0.2, 0.25) is 0 Å². The molecule has 3 heteroatoms. The number of hydrogen-bond donors (Lipinski definition) is 0. The third-order valence-corrected chi connectivity index (χ3v) is 2.65. The molecule has 1 rings (SSSR count). The Bertz CT molecular complexity index is 171. The number of rotatable bonds is 2. The average molecular weight is 171 g/mol. The van der Waals surface area contributed by atoms with Gasteiger partial charge in [0, 0.05) is 20.0 Å². The lowest BCUT2D eigenvalue weighted by molar-refractivity contribution is -0.905. The molecule has 0 spiro atoms. The Morgan fingerprint density at radius 3 is 2.33 bits per heavy atom. The lowest BCUT2D eigenvalue weighted by Gasteiger charge is -2.40. The number of hydrogen-bond acceptors (Lipinski definition) is 2. The Labute approximate surface area is 74.5 Å². The quantitative estimate of drug-likeness (QED) is 0.544. The Morgan fingerprint density at radius 1 is 1.42 bits per heavy atom. The van der Waals surface area contributed by atoms with Gasteiger partial charge in [-0.15, -0.1) is 0 Å². The summed E-state index contributed by atoms with van der Waals surface area (Å²) in [5, 5.41) is 0. The smallest absolute Gasteiger partial charge is 0.183 e. The van der Waals surface area contributed by atoms with Crippen molar-refractivity contribution in [2.45, 2.75) is 6.92 Å². The Hall–Kier alpha value is -0.410. The van der Waals surface area contributed by atoms with E-state index in [9.17, 15) is 4.79 Å². The van der Waals surface area contributed by atoms with Gasteiger partial charge in [-0.25, -0.2) is 0 Å². The van der Waals surface area contributed by atoms with Crippen LogP contribution in [-0.4, -0.2) is 62.0 Å². The highest BCUT2D eigenvalue weighted by Crippen LogP contribution is 2.08. The summed E-state index contributed by atoms with van der Waals surface area (Å²) < 4.78 is 0.930. The molecule has 0 aromatic carbocycles. The maximum atomic E-state index is 11.0. The zero-order chi connectivity index (χ0) is 9.19. The minimum Gasteiger partial charge on any atom is -0.318 e. The van der Waals surface area contributed by atoms with Gasteiger partial charge >= 0.3 is 0 Å². The fourth-order valence-corrected chi connectivity index (χ4v) is 1.74. The van der Waals surface area contributed by atoms with Crippen LogP contribution in [0.15, 0.2) is 0 Å². The van der Waals surface area contributed by atoms with E-state index in [2.05, 4.69) is 19.0 Å². The van der Waals surface area contributed by atoms with E-state index in [1.165, 1.54) is 0 Å². The average Bonchev–Trinajstić information content (AvgIpc) is 1.94. The number of ketones is 1. The van der Waals surface area contributed by atoms with Crippen molar-refractivity contribution in [3.8, 4) is 0 Å². The van der Waals surface area contributed by atoms with Gasteiger partial charge in [0.05, 0.1) is 20.1 Å². The van der Waals surface area contributed by atoms with Crippen molar-refractivity contribution in [2.75, 3.05) is 46.8 Å². The van der Waals surface area contributed by atoms with Crippen molar-refractivity contribution in [1.29, 1.82) is 0 Å². The fourth-order valence-electron chi connectivity index (χ4n) is 1.74. The van der Waals surface area contributed by atoms with Crippen LogP contribution in [0.5, 0.6) is 0 Å². The van der Waals surface area contributed by atoms with Crippen LogP contribution in [0.4, 0.5) is 0 Å². The molecule has 12 heavy (non-hydrogen) atoms. The predicted molar refractivity (Wildman–Crippen MR) is 49.0 cm³/mol. The van der Waals surface area contributed by atoms with Gasteiger partial charge in [-0.1, -0.05) is 0 Å². The highest BCUT2D eigenvalue weighted by Gasteiger charge is 2.27. The first-order chi connectivity index (χ1) is 5.52. The summed E-state index contributed by atoms with van der Waals surface area (Å²) >= 11 is 0. The molecule has 0 aliphatic carbocycles. The zero-order valence-corrected chi connectivity index (χ0v) is 8.34. The Balaban J connectivity index is 2.44. The van der Waals surface area contributed by atoms with E-state index < -0.39 is 0 Å². The van der Waals surface area contributed by atoms with E-state index in [0.717, 1.165) is 30.7 Å². The fraction of sp³-hybridized carbons (Fsp3) is 0.889. The molecule has 1 fully saturated rings. The van der Waals surface area contributed by atoms with Gasteiger partial charge in [0.25, 0.3) is 0 Å². The van der Waals surface area contributed by atoms with Gasteiger partial charge in [-0.3, -0.25) is 9.69 Å². The molecule has 3 nitrogen and oxygen atoms in total. The summed E-state index contributed by atoms with van der Waals surface area (Å²) in [5.41, 5.74) is 0. The van der Waals surface area contributed by atoms with Crippen LogP contribution in [0, 0.1) is 0 Å². The van der Waals surface area contributed by atoms with Gasteiger partial charge < -0.3 is 4.48 Å². The van der Waals surface area contributed by atoms with Crippen LogP contribution >= 0.6 is 0 Å². The van der Waals surface area contributed by atoms with E-state index in [-0.39, 0.29) is 0 Å². The predicted octanol–water partition coefficient (Wildman–Crippen LogP) is -0.0326. The molecule has 0 unspecified atom stereocenters. The lowest BCUT2D eigenvalue weighted by atomic mass is 10.2. The summed E-state index contributed by atoms with van der Waals surface area (Å²) in [6.07, 6.45) is 0. The van der Waals surface area contributed by atoms with Crippen LogP contribution in [0.2, 0.25) is 0 Å². The van der Waals surface area contributed by atoms with E-state index in [0.29, 0.717) is 12.3 Å². The molecule has 0 amide bonds. The van der Waals surface area contributed by atoms with Crippen molar-refractivity contribution in [3.63, 3.8) is 0 Å². The molecule has 0 aromatic heterocycles. The van der Waals surface area contributed by atoms with Gasteiger partial charge in [-0.2, -0.15) is 0 Å². The summed E-state index contributed by atoms with van der Waals surface area (Å²) in [7, 11) is 4.31. The molecule has 0 radical (unpaired) electrons. The number of Topliss-reactive ketones (excluding diaryl/α,β-unsaturated/α-hetero) is 1. The molecular formula is C9H19N2O+. The number of quaternary nitrogens is 1. The SMILES string of the molecule is CC(=O)C[N+]1(C)CCN(C)CC1. The molecule has 0 bridgehead atoms. The first kappa shape index (κ1) is 9.68. The number of carbonyl (C=O) groups is 1. The molecule has 1 aliphatic heterocycles. The number of piperazine rings is 1. The summed E-state index contributed by atoms with van der Waals surface area (Å²) in [6, 6.07) is 0. The zero-order valence-electron chi connectivity index (χ0n) is 8.34. The summed E-state index contributed by atoms with van der Waals surface area (Å²) in [5.74, 6) is 0.307.